The lowest BCUT2D eigenvalue weighted by Gasteiger charge is -2.25. The van der Waals surface area contributed by atoms with Crippen LogP contribution in [0.1, 0.15) is 20.8 Å². The van der Waals surface area contributed by atoms with E-state index in [4.69, 9.17) is 9.47 Å². The molecule has 0 saturated carbocycles. The Morgan fingerprint density at radius 1 is 1.12 bits per heavy atom. The second kappa shape index (κ2) is 11.0. The molecule has 1 aromatic heterocycles. The predicted molar refractivity (Wildman–Crippen MR) is 116 cm³/mol. The minimum Gasteiger partial charge on any atom is -0.466 e. The summed E-state index contributed by atoms with van der Waals surface area (Å²) in [5.41, 5.74) is -0.911. The molecule has 0 aliphatic carbocycles. The Bertz CT molecular complexity index is 823. The number of carbonyl (C=O) groups is 2. The molecule has 0 spiro atoms. The van der Waals surface area contributed by atoms with Gasteiger partial charge in [0.1, 0.15) is 11.3 Å². The van der Waals surface area contributed by atoms with Crippen molar-refractivity contribution < 1.29 is 32.2 Å². The fourth-order valence-electron chi connectivity index (χ4n) is 2.27. The molecule has 0 atom stereocenters. The minimum absolute atomic E-state index is 0.140. The van der Waals surface area contributed by atoms with Gasteiger partial charge in [-0.3, -0.25) is 10.1 Å². The van der Waals surface area contributed by atoms with E-state index in [1.165, 1.54) is 6.07 Å². The Kier molecular flexibility index (Phi) is 9.31. The zero-order valence-corrected chi connectivity index (χ0v) is 19.1. The fourth-order valence-corrected chi connectivity index (χ4v) is 2.27. The van der Waals surface area contributed by atoms with Gasteiger partial charge in [0.25, 0.3) is 0 Å². The van der Waals surface area contributed by atoms with Crippen molar-refractivity contribution in [1.82, 2.24) is 9.88 Å². The van der Waals surface area contributed by atoms with Crippen LogP contribution in [0.25, 0.3) is 0 Å². The Morgan fingerprint density at radius 3 is 2.25 bits per heavy atom. The molecule has 0 fully saturated rings. The number of hydrogen-bond acceptors (Lipinski definition) is 7. The monoisotopic (exact) mass is 461 g/mol. The van der Waals surface area contributed by atoms with E-state index in [1.54, 1.807) is 32.7 Å². The highest BCUT2D eigenvalue weighted by molar-refractivity contribution is 6.02. The van der Waals surface area contributed by atoms with Gasteiger partial charge in [0.2, 0.25) is 11.8 Å². The Hall–Kier alpha value is -3.02. The van der Waals surface area contributed by atoms with Crippen LogP contribution in [-0.4, -0.2) is 74.5 Å². The number of pyridine rings is 1. The van der Waals surface area contributed by atoms with E-state index in [-0.39, 0.29) is 17.2 Å². The SMILES string of the molecule is C=CC(=O)Nc1cc(NC(=O)OC(C)(C)C)c(OCC(F)(F)F)nc1N(C)CCN(C)C. The number of nitrogens with zero attached hydrogens (tertiary/aromatic N) is 3. The van der Waals surface area contributed by atoms with Crippen molar-refractivity contribution in [1.29, 1.82) is 0 Å². The van der Waals surface area contributed by atoms with Crippen molar-refractivity contribution in [2.75, 3.05) is 56.4 Å². The molecule has 1 rings (SSSR count). The normalized spacial score (nSPS) is 11.7. The lowest BCUT2D eigenvalue weighted by molar-refractivity contribution is -0.153. The maximum atomic E-state index is 12.8. The molecule has 180 valence electrons. The quantitative estimate of drug-likeness (QED) is 0.544. The maximum absolute atomic E-state index is 12.8. The topological polar surface area (TPSA) is 96.0 Å². The van der Waals surface area contributed by atoms with Crippen molar-refractivity contribution in [2.24, 2.45) is 0 Å². The molecular weight excluding hydrogens is 431 g/mol. The number of rotatable bonds is 9. The summed E-state index contributed by atoms with van der Waals surface area (Å²) in [6.45, 7) is 7.69. The third kappa shape index (κ3) is 9.86. The van der Waals surface area contributed by atoms with Crippen molar-refractivity contribution in [3.63, 3.8) is 0 Å². The minimum atomic E-state index is -4.63. The Morgan fingerprint density at radius 2 is 1.75 bits per heavy atom. The molecule has 2 amide bonds. The molecule has 0 radical (unpaired) electrons. The van der Waals surface area contributed by atoms with Crippen molar-refractivity contribution in [3.8, 4) is 5.88 Å². The molecule has 2 N–H and O–H groups in total. The summed E-state index contributed by atoms with van der Waals surface area (Å²) in [5, 5.41) is 4.88. The van der Waals surface area contributed by atoms with Gasteiger partial charge in [0, 0.05) is 20.1 Å². The van der Waals surface area contributed by atoms with Crippen LogP contribution in [0.5, 0.6) is 5.88 Å². The van der Waals surface area contributed by atoms with Crippen LogP contribution in [0.4, 0.5) is 35.2 Å². The van der Waals surface area contributed by atoms with Crippen molar-refractivity contribution >= 4 is 29.2 Å². The number of ether oxygens (including phenoxy) is 2. The zero-order valence-electron chi connectivity index (χ0n) is 19.1. The highest BCUT2D eigenvalue weighted by Crippen LogP contribution is 2.34. The standard InChI is InChI=1S/C20H30F3N5O4/c1-8-15(29)24-13-11-14(25-18(30)32-19(2,3)4)17(31-12-20(21,22)23)26-16(13)28(7)10-9-27(5)6/h8,11H,1,9-10,12H2,2-7H3,(H,24,29)(H,25,30). The second-order valence-electron chi connectivity index (χ2n) is 8.16. The summed E-state index contributed by atoms with van der Waals surface area (Å²) in [6.07, 6.45) is -4.53. The summed E-state index contributed by atoms with van der Waals surface area (Å²) >= 11 is 0. The molecule has 0 aromatic carbocycles. The third-order valence-electron chi connectivity index (χ3n) is 3.66. The van der Waals surface area contributed by atoms with Crippen LogP contribution in [0.15, 0.2) is 18.7 Å². The number of anilines is 3. The van der Waals surface area contributed by atoms with Crippen LogP contribution in [-0.2, 0) is 9.53 Å². The first kappa shape index (κ1) is 27.0. The van der Waals surface area contributed by atoms with E-state index >= 15 is 0 Å². The van der Waals surface area contributed by atoms with Gasteiger partial charge in [0.05, 0.1) is 5.69 Å². The van der Waals surface area contributed by atoms with Crippen LogP contribution in [0.2, 0.25) is 0 Å². The average molecular weight is 461 g/mol. The highest BCUT2D eigenvalue weighted by atomic mass is 19.4. The lowest BCUT2D eigenvalue weighted by atomic mass is 10.2. The number of carbonyl (C=O) groups excluding carboxylic acids is 2. The largest absolute Gasteiger partial charge is 0.466 e. The molecule has 0 bridgehead atoms. The van der Waals surface area contributed by atoms with Gasteiger partial charge >= 0.3 is 12.3 Å². The second-order valence-corrected chi connectivity index (χ2v) is 8.16. The highest BCUT2D eigenvalue weighted by Gasteiger charge is 2.30. The van der Waals surface area contributed by atoms with Gasteiger partial charge in [0.15, 0.2) is 12.4 Å². The fraction of sp³-hybridized carbons (Fsp3) is 0.550. The van der Waals surface area contributed by atoms with E-state index in [0.29, 0.717) is 13.1 Å². The molecule has 0 aliphatic rings. The summed E-state index contributed by atoms with van der Waals surface area (Å²) in [7, 11) is 5.37. The number of alkyl halides is 3. The van der Waals surface area contributed by atoms with Crippen molar-refractivity contribution in [2.45, 2.75) is 32.5 Å². The average Bonchev–Trinajstić information content (AvgIpc) is 2.62. The third-order valence-corrected chi connectivity index (χ3v) is 3.66. The van der Waals surface area contributed by atoms with Gasteiger partial charge < -0.3 is 24.6 Å². The molecule has 0 unspecified atom stereocenters. The molecule has 1 heterocycles. The maximum Gasteiger partial charge on any atom is 0.422 e. The van der Waals surface area contributed by atoms with Crippen LogP contribution < -0.4 is 20.3 Å². The number of nitrogens with one attached hydrogen (secondary N) is 2. The van der Waals surface area contributed by atoms with E-state index in [0.717, 1.165) is 6.08 Å². The van der Waals surface area contributed by atoms with Crippen molar-refractivity contribution in [3.05, 3.63) is 18.7 Å². The summed E-state index contributed by atoms with van der Waals surface area (Å²) in [4.78, 5) is 31.8. The first-order valence-electron chi connectivity index (χ1n) is 9.65. The number of amides is 2. The Labute approximate surface area is 185 Å². The van der Waals surface area contributed by atoms with Gasteiger partial charge in [-0.1, -0.05) is 6.58 Å². The van der Waals surface area contributed by atoms with E-state index in [1.807, 2.05) is 19.0 Å². The summed E-state index contributed by atoms with van der Waals surface area (Å²) < 4.78 is 48.3. The van der Waals surface area contributed by atoms with Crippen LogP contribution in [0, 0.1) is 0 Å². The Balaban J connectivity index is 3.44. The smallest absolute Gasteiger partial charge is 0.422 e. The van der Waals surface area contributed by atoms with Gasteiger partial charge in [-0.15, -0.1) is 0 Å². The lowest BCUT2D eigenvalue weighted by Crippen LogP contribution is -2.31. The number of likely N-dealkylation sites (N-methyl/N-ethyl adjacent to an activating group) is 2. The molecule has 12 heteroatoms. The number of aromatic nitrogens is 1. The molecular formula is C20H30F3N5O4. The van der Waals surface area contributed by atoms with E-state index < -0.39 is 36.3 Å². The molecule has 32 heavy (non-hydrogen) atoms. The van der Waals surface area contributed by atoms with Crippen LogP contribution in [0.3, 0.4) is 0 Å². The van der Waals surface area contributed by atoms with Gasteiger partial charge in [-0.2, -0.15) is 18.2 Å². The first-order valence-corrected chi connectivity index (χ1v) is 9.65. The molecule has 9 nitrogen and oxygen atoms in total. The molecule has 0 aliphatic heterocycles. The molecule has 1 aromatic rings. The number of halogens is 3. The predicted octanol–water partition coefficient (Wildman–Crippen LogP) is 3.49. The van der Waals surface area contributed by atoms with Gasteiger partial charge in [-0.25, -0.2) is 4.79 Å². The zero-order chi connectivity index (χ0) is 24.7. The van der Waals surface area contributed by atoms with Gasteiger partial charge in [-0.05, 0) is 47.0 Å². The molecule has 0 saturated heterocycles. The first-order chi connectivity index (χ1) is 14.6. The van der Waals surface area contributed by atoms with Crippen LogP contribution >= 0.6 is 0 Å². The summed E-state index contributed by atoms with van der Waals surface area (Å²) in [5.74, 6) is -0.897. The number of hydrogen-bond donors (Lipinski definition) is 2. The van der Waals surface area contributed by atoms with E-state index in [9.17, 15) is 22.8 Å². The summed E-state index contributed by atoms with van der Waals surface area (Å²) in [6, 6.07) is 1.26. The van der Waals surface area contributed by atoms with E-state index in [2.05, 4.69) is 22.2 Å².